The number of benzene rings is 6. The molecule has 0 radical (unpaired) electrons. The van der Waals surface area contributed by atoms with Crippen LogP contribution in [-0.2, 0) is 10.8 Å². The van der Waals surface area contributed by atoms with E-state index < -0.39 is 0 Å². The van der Waals surface area contributed by atoms with E-state index in [0.29, 0.717) is 11.8 Å². The van der Waals surface area contributed by atoms with Crippen LogP contribution in [0.15, 0.2) is 132 Å². The number of furan rings is 1. The molecule has 1 heterocycles. The zero-order chi connectivity index (χ0) is 36.3. The van der Waals surface area contributed by atoms with Gasteiger partial charge in [-0.15, -0.1) is 0 Å². The summed E-state index contributed by atoms with van der Waals surface area (Å²) >= 11 is 0. The molecule has 4 atom stereocenters. The Bertz CT molecular complexity index is 2650. The molecular weight excluding hydrogens is 667 g/mol. The molecule has 1 aromatic heterocycles. The second-order valence-corrected chi connectivity index (χ2v) is 17.7. The van der Waals surface area contributed by atoms with Gasteiger partial charge in [-0.2, -0.15) is 0 Å². The van der Waals surface area contributed by atoms with Crippen LogP contribution < -0.4 is 4.90 Å². The number of hydrogen-bond donors (Lipinski definition) is 0. The summed E-state index contributed by atoms with van der Waals surface area (Å²) in [5.74, 6) is 2.21. The van der Waals surface area contributed by atoms with Gasteiger partial charge in [0.15, 0.2) is 0 Å². The Morgan fingerprint density at radius 2 is 1.31 bits per heavy atom. The highest BCUT2D eigenvalue weighted by molar-refractivity contribution is 6.07. The molecule has 4 unspecified atom stereocenters. The van der Waals surface area contributed by atoms with Gasteiger partial charge in [-0.05, 0) is 131 Å². The number of rotatable bonds is 4. The van der Waals surface area contributed by atoms with Crippen molar-refractivity contribution in [1.29, 1.82) is 0 Å². The van der Waals surface area contributed by atoms with Crippen molar-refractivity contribution in [3.63, 3.8) is 0 Å². The van der Waals surface area contributed by atoms with E-state index in [0.717, 1.165) is 17.1 Å². The van der Waals surface area contributed by atoms with Crippen LogP contribution in [-0.4, -0.2) is 0 Å². The first-order valence-electron chi connectivity index (χ1n) is 21.4. The summed E-state index contributed by atoms with van der Waals surface area (Å²) in [6, 6.07) is 49.2. The minimum atomic E-state index is 0.0569. The van der Waals surface area contributed by atoms with Crippen LogP contribution in [0.3, 0.4) is 0 Å². The Morgan fingerprint density at radius 1 is 0.582 bits per heavy atom. The summed E-state index contributed by atoms with van der Waals surface area (Å²) in [4.78, 5) is 2.63. The lowest BCUT2D eigenvalue weighted by Crippen LogP contribution is -2.48. The molecule has 2 heteroatoms. The topological polar surface area (TPSA) is 16.4 Å². The monoisotopic (exact) mass is 715 g/mol. The predicted molar refractivity (Wildman–Crippen MR) is 228 cm³/mol. The van der Waals surface area contributed by atoms with Crippen molar-refractivity contribution in [2.24, 2.45) is 17.8 Å². The molecule has 0 aliphatic heterocycles. The molecule has 0 N–H and O–H groups in total. The quantitative estimate of drug-likeness (QED) is 0.180. The molecule has 55 heavy (non-hydrogen) atoms. The van der Waals surface area contributed by atoms with Crippen molar-refractivity contribution in [2.75, 3.05) is 4.90 Å². The minimum absolute atomic E-state index is 0.0569. The van der Waals surface area contributed by atoms with E-state index in [4.69, 9.17) is 4.42 Å². The normalized spacial score (nSPS) is 24.2. The standard InChI is InChI=1S/C53H49NO/c1-2-35-30-34-14-12-15-36(31-34)53(35)45-20-8-4-16-39(45)40-26-24-38(33-47(40)53)54(37-25-27-50-43(32-37)41-17-6-9-23-49(41)55-50)48-22-13-21-46-51(48)42-18-5-7-19-44(42)52(46)28-10-3-11-29-52/h4-9,13,16-27,32-36H,2-3,10-12,14-15,28-31H2,1H3. The second-order valence-electron chi connectivity index (χ2n) is 17.7. The molecular formula is C53H49NO. The molecule has 2 nitrogen and oxygen atoms in total. The van der Waals surface area contributed by atoms with E-state index in [2.05, 4.69) is 139 Å². The molecule has 7 aromatic rings. The third kappa shape index (κ3) is 4.32. The predicted octanol–water partition coefficient (Wildman–Crippen LogP) is 14.8. The van der Waals surface area contributed by atoms with Gasteiger partial charge in [0.05, 0.1) is 5.69 Å². The van der Waals surface area contributed by atoms with Crippen molar-refractivity contribution >= 4 is 39.0 Å². The van der Waals surface area contributed by atoms with E-state index in [1.807, 2.05) is 0 Å². The Labute approximate surface area is 325 Å². The van der Waals surface area contributed by atoms with Gasteiger partial charge in [0.25, 0.3) is 0 Å². The van der Waals surface area contributed by atoms with Crippen LogP contribution in [0.5, 0.6) is 0 Å². The maximum Gasteiger partial charge on any atom is 0.135 e. The lowest BCUT2D eigenvalue weighted by molar-refractivity contribution is 0.0557. The first-order chi connectivity index (χ1) is 27.2. The van der Waals surface area contributed by atoms with Gasteiger partial charge in [0.1, 0.15) is 11.2 Å². The SMILES string of the molecule is CCC1CC2CCCC(C2)C12c1ccccc1-c1ccc(N(c3ccc4oc5ccccc5c4c3)c3cccc4c3-c3ccccc3C43CCCCC3)cc12. The molecule has 6 aromatic carbocycles. The van der Waals surface area contributed by atoms with Crippen LogP contribution in [0, 0.1) is 17.8 Å². The molecule has 2 bridgehead atoms. The minimum Gasteiger partial charge on any atom is -0.456 e. The molecule has 3 fully saturated rings. The fourth-order valence-corrected chi connectivity index (χ4v) is 13.3. The van der Waals surface area contributed by atoms with Crippen LogP contribution >= 0.6 is 0 Å². The van der Waals surface area contributed by atoms with Gasteiger partial charge < -0.3 is 9.32 Å². The smallest absolute Gasteiger partial charge is 0.135 e. The van der Waals surface area contributed by atoms with Gasteiger partial charge >= 0.3 is 0 Å². The van der Waals surface area contributed by atoms with Gasteiger partial charge in [0, 0.05) is 38.5 Å². The number of nitrogens with zero attached hydrogens (tertiary/aromatic N) is 1. The summed E-state index contributed by atoms with van der Waals surface area (Å²) in [5, 5.41) is 2.35. The maximum atomic E-state index is 6.41. The van der Waals surface area contributed by atoms with E-state index in [9.17, 15) is 0 Å². The highest BCUT2D eigenvalue weighted by Gasteiger charge is 2.56. The fraction of sp³-hybridized carbons (Fsp3) is 0.321. The zero-order valence-electron chi connectivity index (χ0n) is 32.0. The average molecular weight is 716 g/mol. The number of anilines is 3. The molecule has 5 aliphatic carbocycles. The second kappa shape index (κ2) is 12.0. The third-order valence-corrected chi connectivity index (χ3v) is 15.4. The van der Waals surface area contributed by atoms with E-state index >= 15 is 0 Å². The fourth-order valence-electron chi connectivity index (χ4n) is 13.3. The molecule has 5 aliphatic rings. The van der Waals surface area contributed by atoms with E-state index in [-0.39, 0.29) is 10.8 Å². The van der Waals surface area contributed by atoms with Gasteiger partial charge in [-0.25, -0.2) is 0 Å². The largest absolute Gasteiger partial charge is 0.456 e. The zero-order valence-corrected chi connectivity index (χ0v) is 32.0. The summed E-state index contributed by atoms with van der Waals surface area (Å²) < 4.78 is 6.41. The molecule has 3 saturated carbocycles. The Kier molecular flexibility index (Phi) is 7.00. The van der Waals surface area contributed by atoms with Crippen LogP contribution in [0.2, 0.25) is 0 Å². The number of fused-ring (bicyclic) bond motifs is 16. The maximum absolute atomic E-state index is 6.41. The molecule has 2 spiro atoms. The summed E-state index contributed by atoms with van der Waals surface area (Å²) in [6.07, 6.45) is 14.4. The molecule has 0 amide bonds. The molecule has 0 saturated heterocycles. The highest BCUT2D eigenvalue weighted by atomic mass is 16.3. The van der Waals surface area contributed by atoms with Crippen LogP contribution in [0.25, 0.3) is 44.2 Å². The Balaban J connectivity index is 1.13. The van der Waals surface area contributed by atoms with Crippen molar-refractivity contribution < 1.29 is 4.42 Å². The first kappa shape index (κ1) is 32.2. The van der Waals surface area contributed by atoms with Crippen LogP contribution in [0.4, 0.5) is 17.1 Å². The summed E-state index contributed by atoms with van der Waals surface area (Å²) in [6.45, 7) is 2.47. The molecule has 272 valence electrons. The van der Waals surface area contributed by atoms with Crippen molar-refractivity contribution in [1.82, 2.24) is 0 Å². The van der Waals surface area contributed by atoms with Gasteiger partial charge in [0.2, 0.25) is 0 Å². The Morgan fingerprint density at radius 3 is 2.20 bits per heavy atom. The van der Waals surface area contributed by atoms with Gasteiger partial charge in [-0.3, -0.25) is 0 Å². The lowest BCUT2D eigenvalue weighted by Gasteiger charge is -2.54. The van der Waals surface area contributed by atoms with E-state index in [1.54, 1.807) is 11.1 Å². The number of para-hydroxylation sites is 1. The highest BCUT2D eigenvalue weighted by Crippen LogP contribution is 2.66. The molecule has 12 rings (SSSR count). The first-order valence-corrected chi connectivity index (χ1v) is 21.4. The Hall–Kier alpha value is -5.08. The number of hydrogen-bond acceptors (Lipinski definition) is 2. The van der Waals surface area contributed by atoms with Gasteiger partial charge in [-0.1, -0.05) is 130 Å². The van der Waals surface area contributed by atoms with E-state index in [1.165, 1.54) is 132 Å². The average Bonchev–Trinajstić information content (AvgIpc) is 3.85. The van der Waals surface area contributed by atoms with Crippen LogP contribution in [0.1, 0.15) is 99.8 Å². The summed E-state index contributed by atoms with van der Waals surface area (Å²) in [5.41, 5.74) is 17.8. The lowest BCUT2D eigenvalue weighted by atomic mass is 9.50. The van der Waals surface area contributed by atoms with Crippen molar-refractivity contribution in [3.8, 4) is 22.3 Å². The van der Waals surface area contributed by atoms with Crippen molar-refractivity contribution in [3.05, 3.63) is 150 Å². The summed E-state index contributed by atoms with van der Waals surface area (Å²) in [7, 11) is 0. The third-order valence-electron chi connectivity index (χ3n) is 15.4. The van der Waals surface area contributed by atoms with Crippen molar-refractivity contribution in [2.45, 2.75) is 88.4 Å².